The van der Waals surface area contributed by atoms with Crippen molar-refractivity contribution in [3.8, 4) is 0 Å². The molecule has 1 unspecified atom stereocenters. The zero-order chi connectivity index (χ0) is 14.0. The molecule has 2 aromatic rings. The highest BCUT2D eigenvalue weighted by Gasteiger charge is 2.11. The van der Waals surface area contributed by atoms with Crippen LogP contribution in [0, 0.1) is 12.7 Å². The van der Waals surface area contributed by atoms with Gasteiger partial charge in [0, 0.05) is 10.5 Å². The van der Waals surface area contributed by atoms with E-state index in [4.69, 9.17) is 5.73 Å². The summed E-state index contributed by atoms with van der Waals surface area (Å²) in [5, 5.41) is 0. The van der Waals surface area contributed by atoms with Crippen molar-refractivity contribution in [2.45, 2.75) is 19.4 Å². The molecular formula is C15H14Br2FN. The predicted molar refractivity (Wildman–Crippen MR) is 83.6 cm³/mol. The lowest BCUT2D eigenvalue weighted by molar-refractivity contribution is 0.618. The van der Waals surface area contributed by atoms with Crippen LogP contribution < -0.4 is 5.73 Å². The smallest absolute Gasteiger partial charge is 0.137 e. The third kappa shape index (κ3) is 3.65. The summed E-state index contributed by atoms with van der Waals surface area (Å²) in [6.07, 6.45) is 0.667. The van der Waals surface area contributed by atoms with Crippen molar-refractivity contribution in [2.75, 3.05) is 0 Å². The van der Waals surface area contributed by atoms with Gasteiger partial charge in [-0.05, 0) is 64.2 Å². The number of nitrogens with two attached hydrogens (primary N) is 1. The van der Waals surface area contributed by atoms with Crippen molar-refractivity contribution in [3.63, 3.8) is 0 Å². The normalized spacial score (nSPS) is 12.5. The standard InChI is InChI=1S/C15H14Br2FN/c1-9-2-4-11(12(16)6-9)15(19)8-10-3-5-14(18)13(17)7-10/h2-7,15H,8,19H2,1H3. The van der Waals surface area contributed by atoms with Gasteiger partial charge in [0.05, 0.1) is 4.47 Å². The van der Waals surface area contributed by atoms with Crippen LogP contribution in [-0.4, -0.2) is 0 Å². The van der Waals surface area contributed by atoms with Gasteiger partial charge in [0.15, 0.2) is 0 Å². The SMILES string of the molecule is Cc1ccc(C(N)Cc2ccc(F)c(Br)c2)c(Br)c1. The number of hydrogen-bond donors (Lipinski definition) is 1. The molecule has 0 aromatic heterocycles. The predicted octanol–water partition coefficient (Wildman–Crippen LogP) is 4.90. The van der Waals surface area contributed by atoms with E-state index in [1.165, 1.54) is 11.6 Å². The molecule has 0 aliphatic carbocycles. The van der Waals surface area contributed by atoms with E-state index in [2.05, 4.69) is 37.9 Å². The molecule has 0 aliphatic rings. The van der Waals surface area contributed by atoms with E-state index >= 15 is 0 Å². The molecule has 1 nitrogen and oxygen atoms in total. The minimum absolute atomic E-state index is 0.118. The van der Waals surface area contributed by atoms with Gasteiger partial charge >= 0.3 is 0 Å². The number of halogens is 3. The van der Waals surface area contributed by atoms with E-state index < -0.39 is 0 Å². The monoisotopic (exact) mass is 385 g/mol. The molecule has 2 N–H and O–H groups in total. The molecule has 0 fully saturated rings. The lowest BCUT2D eigenvalue weighted by Crippen LogP contribution is -2.14. The lowest BCUT2D eigenvalue weighted by atomic mass is 9.99. The molecule has 0 saturated carbocycles. The van der Waals surface area contributed by atoms with E-state index in [1.807, 2.05) is 19.1 Å². The minimum atomic E-state index is -0.256. The molecule has 0 saturated heterocycles. The number of rotatable bonds is 3. The van der Waals surface area contributed by atoms with E-state index in [0.717, 1.165) is 15.6 Å². The summed E-state index contributed by atoms with van der Waals surface area (Å²) in [7, 11) is 0. The Kier molecular flexibility index (Phi) is 4.76. The largest absolute Gasteiger partial charge is 0.324 e. The first kappa shape index (κ1) is 14.7. The van der Waals surface area contributed by atoms with E-state index in [0.29, 0.717) is 10.9 Å². The van der Waals surface area contributed by atoms with Crippen LogP contribution in [0.5, 0.6) is 0 Å². The zero-order valence-electron chi connectivity index (χ0n) is 10.5. The molecular weight excluding hydrogens is 373 g/mol. The van der Waals surface area contributed by atoms with Crippen LogP contribution in [0.25, 0.3) is 0 Å². The summed E-state index contributed by atoms with van der Waals surface area (Å²) in [6, 6.07) is 11.0. The van der Waals surface area contributed by atoms with Crippen molar-refractivity contribution >= 4 is 31.9 Å². The molecule has 19 heavy (non-hydrogen) atoms. The maximum Gasteiger partial charge on any atom is 0.137 e. The van der Waals surface area contributed by atoms with Crippen molar-refractivity contribution in [1.82, 2.24) is 0 Å². The second-order valence-electron chi connectivity index (χ2n) is 4.58. The second kappa shape index (κ2) is 6.16. The average molecular weight is 387 g/mol. The van der Waals surface area contributed by atoms with Crippen LogP contribution >= 0.6 is 31.9 Å². The summed E-state index contributed by atoms with van der Waals surface area (Å²) < 4.78 is 14.7. The van der Waals surface area contributed by atoms with Crippen LogP contribution in [0.2, 0.25) is 0 Å². The fourth-order valence-corrected chi connectivity index (χ4v) is 3.18. The van der Waals surface area contributed by atoms with Crippen LogP contribution in [0.4, 0.5) is 4.39 Å². The molecule has 0 bridgehead atoms. The average Bonchev–Trinajstić information content (AvgIpc) is 2.33. The van der Waals surface area contributed by atoms with Gasteiger partial charge in [-0.1, -0.05) is 34.1 Å². The quantitative estimate of drug-likeness (QED) is 0.797. The fourth-order valence-electron chi connectivity index (χ4n) is 1.96. The molecule has 4 heteroatoms. The Morgan fingerprint density at radius 1 is 1.11 bits per heavy atom. The van der Waals surface area contributed by atoms with E-state index in [9.17, 15) is 4.39 Å². The molecule has 0 amide bonds. The summed E-state index contributed by atoms with van der Waals surface area (Å²) in [5.74, 6) is -0.256. The molecule has 0 aliphatic heterocycles. The van der Waals surface area contributed by atoms with Crippen LogP contribution in [0.1, 0.15) is 22.7 Å². The van der Waals surface area contributed by atoms with E-state index in [-0.39, 0.29) is 11.9 Å². The molecule has 0 spiro atoms. The summed E-state index contributed by atoms with van der Waals surface area (Å²) in [4.78, 5) is 0. The summed E-state index contributed by atoms with van der Waals surface area (Å²) in [6.45, 7) is 2.04. The Balaban J connectivity index is 2.20. The fraction of sp³-hybridized carbons (Fsp3) is 0.200. The van der Waals surface area contributed by atoms with Crippen molar-refractivity contribution < 1.29 is 4.39 Å². The highest BCUT2D eigenvalue weighted by Crippen LogP contribution is 2.26. The van der Waals surface area contributed by atoms with Crippen molar-refractivity contribution in [1.29, 1.82) is 0 Å². The van der Waals surface area contributed by atoms with Gasteiger partial charge in [-0.15, -0.1) is 0 Å². The number of hydrogen-bond acceptors (Lipinski definition) is 1. The molecule has 0 heterocycles. The second-order valence-corrected chi connectivity index (χ2v) is 6.29. The van der Waals surface area contributed by atoms with Crippen molar-refractivity contribution in [2.24, 2.45) is 5.73 Å². The third-order valence-corrected chi connectivity index (χ3v) is 4.29. The third-order valence-electron chi connectivity index (χ3n) is 3.00. The van der Waals surface area contributed by atoms with Gasteiger partial charge in [-0.3, -0.25) is 0 Å². The first-order valence-corrected chi connectivity index (χ1v) is 7.51. The Morgan fingerprint density at radius 2 is 1.84 bits per heavy atom. The molecule has 100 valence electrons. The Bertz CT molecular complexity index is 599. The summed E-state index contributed by atoms with van der Waals surface area (Å²) in [5.41, 5.74) is 9.48. The Labute approximate surface area is 129 Å². The topological polar surface area (TPSA) is 26.0 Å². The molecule has 2 aromatic carbocycles. The lowest BCUT2D eigenvalue weighted by Gasteiger charge is -2.15. The highest BCUT2D eigenvalue weighted by molar-refractivity contribution is 9.10. The number of aryl methyl sites for hydroxylation is 1. The van der Waals surface area contributed by atoms with Gasteiger partial charge in [0.2, 0.25) is 0 Å². The van der Waals surface area contributed by atoms with Crippen LogP contribution in [-0.2, 0) is 6.42 Å². The molecule has 2 rings (SSSR count). The molecule has 1 atom stereocenters. The minimum Gasteiger partial charge on any atom is -0.324 e. The molecule has 0 radical (unpaired) electrons. The zero-order valence-corrected chi connectivity index (χ0v) is 13.6. The Morgan fingerprint density at radius 3 is 2.47 bits per heavy atom. The first-order chi connectivity index (χ1) is 8.97. The van der Waals surface area contributed by atoms with Crippen LogP contribution in [0.3, 0.4) is 0 Å². The summed E-state index contributed by atoms with van der Waals surface area (Å²) >= 11 is 6.73. The maximum absolute atomic E-state index is 13.2. The van der Waals surface area contributed by atoms with Gasteiger partial charge in [-0.2, -0.15) is 0 Å². The Hall–Kier alpha value is -0.710. The highest BCUT2D eigenvalue weighted by atomic mass is 79.9. The van der Waals surface area contributed by atoms with Gasteiger partial charge in [0.1, 0.15) is 5.82 Å². The van der Waals surface area contributed by atoms with Crippen LogP contribution in [0.15, 0.2) is 45.3 Å². The van der Waals surface area contributed by atoms with Gasteiger partial charge in [-0.25, -0.2) is 4.39 Å². The first-order valence-electron chi connectivity index (χ1n) is 5.93. The van der Waals surface area contributed by atoms with E-state index in [1.54, 1.807) is 12.1 Å². The van der Waals surface area contributed by atoms with Crippen molar-refractivity contribution in [3.05, 3.63) is 67.9 Å². The van der Waals surface area contributed by atoms with Gasteiger partial charge in [0.25, 0.3) is 0 Å². The maximum atomic E-state index is 13.2. The number of benzene rings is 2. The van der Waals surface area contributed by atoms with Gasteiger partial charge < -0.3 is 5.73 Å².